The summed E-state index contributed by atoms with van der Waals surface area (Å²) in [6.07, 6.45) is 5.54. The maximum absolute atomic E-state index is 11.5. The Morgan fingerprint density at radius 2 is 1.68 bits per heavy atom. The second-order valence-electron chi connectivity index (χ2n) is 5.20. The average molecular weight is 326 g/mol. The summed E-state index contributed by atoms with van der Waals surface area (Å²) in [5.41, 5.74) is 0.992. The number of hydrogen-bond donors (Lipinski definition) is 1. The molecule has 1 aromatic carbocycles. The van der Waals surface area contributed by atoms with Crippen LogP contribution < -0.4 is 5.32 Å². The van der Waals surface area contributed by atoms with E-state index in [4.69, 9.17) is 16.3 Å². The molecule has 0 spiro atoms. The third-order valence-corrected chi connectivity index (χ3v) is 3.43. The molecule has 0 fully saturated rings. The van der Waals surface area contributed by atoms with Crippen molar-refractivity contribution in [3.05, 3.63) is 35.9 Å². The van der Waals surface area contributed by atoms with Gasteiger partial charge in [-0.25, -0.2) is 0 Å². The van der Waals surface area contributed by atoms with Crippen LogP contribution in [0.25, 0.3) is 0 Å². The smallest absolute Gasteiger partial charge is 0.320 e. The summed E-state index contributed by atoms with van der Waals surface area (Å²) < 4.78 is 5.16. The highest BCUT2D eigenvalue weighted by Gasteiger charge is 2.02. The van der Waals surface area contributed by atoms with Crippen LogP contribution in [0.1, 0.15) is 44.1 Å². The molecule has 0 radical (unpaired) electrons. The van der Waals surface area contributed by atoms with Gasteiger partial charge in [0, 0.05) is 6.42 Å². The Morgan fingerprint density at radius 1 is 1.00 bits per heavy atom. The van der Waals surface area contributed by atoms with Crippen molar-refractivity contribution in [3.63, 3.8) is 0 Å². The molecule has 0 saturated heterocycles. The van der Waals surface area contributed by atoms with E-state index in [0.29, 0.717) is 13.0 Å². The van der Waals surface area contributed by atoms with Crippen molar-refractivity contribution >= 4 is 22.8 Å². The fraction of sp³-hybridized carbons (Fsp3) is 0.529. The van der Waals surface area contributed by atoms with Gasteiger partial charge in [-0.1, -0.05) is 49.6 Å². The van der Waals surface area contributed by atoms with Gasteiger partial charge in [-0.05, 0) is 36.6 Å². The quantitative estimate of drug-likeness (QED) is 0.363. The van der Waals surface area contributed by atoms with Gasteiger partial charge < -0.3 is 10.1 Å². The third kappa shape index (κ3) is 10.4. The molecule has 5 heteroatoms. The van der Waals surface area contributed by atoms with E-state index >= 15 is 0 Å². The molecule has 0 saturated carbocycles. The first kappa shape index (κ1) is 18.7. The van der Waals surface area contributed by atoms with Crippen molar-refractivity contribution in [2.75, 3.05) is 13.1 Å². The van der Waals surface area contributed by atoms with Gasteiger partial charge in [0.15, 0.2) is 0 Å². The standard InChI is InChI=1S/C17H24ClNO3/c18-16(20)11-7-2-1-3-8-12-19-13-17(21)22-14-15-9-5-4-6-10-15/h4-6,9-10,19H,1-3,7-8,11-14H2. The number of carbonyl (C=O) groups excluding carboxylic acids is 2. The number of ether oxygens (including phenoxy) is 1. The van der Waals surface area contributed by atoms with Gasteiger partial charge in [-0.3, -0.25) is 9.59 Å². The molecular weight excluding hydrogens is 302 g/mol. The minimum Gasteiger partial charge on any atom is -0.460 e. The Balaban J connectivity index is 1.89. The monoisotopic (exact) mass is 325 g/mol. The number of unbranched alkanes of at least 4 members (excludes halogenated alkanes) is 4. The molecule has 0 aliphatic rings. The van der Waals surface area contributed by atoms with E-state index < -0.39 is 0 Å². The molecule has 0 unspecified atom stereocenters. The van der Waals surface area contributed by atoms with Crippen LogP contribution in [0, 0.1) is 0 Å². The van der Waals surface area contributed by atoms with E-state index in [2.05, 4.69) is 5.32 Å². The number of hydrogen-bond acceptors (Lipinski definition) is 4. The maximum atomic E-state index is 11.5. The van der Waals surface area contributed by atoms with Gasteiger partial charge in [0.05, 0.1) is 6.54 Å². The van der Waals surface area contributed by atoms with Crippen molar-refractivity contribution < 1.29 is 14.3 Å². The minimum atomic E-state index is -0.254. The Morgan fingerprint density at radius 3 is 2.41 bits per heavy atom. The van der Waals surface area contributed by atoms with Crippen molar-refractivity contribution in [3.8, 4) is 0 Å². The molecule has 1 aromatic rings. The van der Waals surface area contributed by atoms with Crippen LogP contribution in [0.15, 0.2) is 30.3 Å². The maximum Gasteiger partial charge on any atom is 0.320 e. The molecule has 0 heterocycles. The molecule has 0 bridgehead atoms. The van der Waals surface area contributed by atoms with Gasteiger partial charge in [0.25, 0.3) is 0 Å². The zero-order valence-electron chi connectivity index (χ0n) is 12.9. The Kier molecular flexibility index (Phi) is 10.3. The molecule has 122 valence electrons. The highest BCUT2D eigenvalue weighted by Crippen LogP contribution is 2.06. The predicted octanol–water partition coefficient (Wildman–Crippen LogP) is 3.43. The van der Waals surface area contributed by atoms with Crippen LogP contribution >= 0.6 is 11.6 Å². The van der Waals surface area contributed by atoms with Crippen LogP contribution in [0.5, 0.6) is 0 Å². The lowest BCUT2D eigenvalue weighted by molar-refractivity contribution is -0.143. The molecule has 0 aliphatic carbocycles. The topological polar surface area (TPSA) is 55.4 Å². The van der Waals surface area contributed by atoms with Crippen molar-refractivity contribution in [2.45, 2.75) is 45.1 Å². The normalized spacial score (nSPS) is 10.4. The molecule has 0 atom stereocenters. The van der Waals surface area contributed by atoms with Gasteiger partial charge in [-0.15, -0.1) is 0 Å². The molecule has 0 aromatic heterocycles. The second-order valence-corrected chi connectivity index (χ2v) is 5.62. The van der Waals surface area contributed by atoms with Crippen LogP contribution in [0.3, 0.4) is 0 Å². The summed E-state index contributed by atoms with van der Waals surface area (Å²) in [7, 11) is 0. The largest absolute Gasteiger partial charge is 0.460 e. The number of carbonyl (C=O) groups is 2. The predicted molar refractivity (Wildman–Crippen MR) is 87.7 cm³/mol. The number of rotatable bonds is 12. The zero-order chi connectivity index (χ0) is 16.0. The SMILES string of the molecule is O=C(Cl)CCCCCCCNCC(=O)OCc1ccccc1. The van der Waals surface area contributed by atoms with Gasteiger partial charge >= 0.3 is 5.97 Å². The Bertz CT molecular complexity index is 437. The third-order valence-electron chi connectivity index (χ3n) is 3.24. The number of nitrogens with one attached hydrogen (secondary N) is 1. The minimum absolute atomic E-state index is 0.232. The molecule has 4 nitrogen and oxygen atoms in total. The summed E-state index contributed by atoms with van der Waals surface area (Å²) in [5, 5.41) is 2.83. The number of halogens is 1. The van der Waals surface area contributed by atoms with Gasteiger partial charge in [0.2, 0.25) is 5.24 Å². The van der Waals surface area contributed by atoms with E-state index in [0.717, 1.165) is 44.2 Å². The lowest BCUT2D eigenvalue weighted by Gasteiger charge is -2.06. The summed E-state index contributed by atoms with van der Waals surface area (Å²) in [5.74, 6) is -0.232. The van der Waals surface area contributed by atoms with Crippen molar-refractivity contribution in [1.29, 1.82) is 0 Å². The van der Waals surface area contributed by atoms with Gasteiger partial charge in [0.1, 0.15) is 6.61 Å². The van der Waals surface area contributed by atoms with Crippen LogP contribution in [0.2, 0.25) is 0 Å². The molecular formula is C17H24ClNO3. The molecule has 1 N–H and O–H groups in total. The first-order valence-corrected chi connectivity index (χ1v) is 8.15. The number of esters is 1. The first-order chi connectivity index (χ1) is 10.7. The van der Waals surface area contributed by atoms with E-state index in [1.54, 1.807) is 0 Å². The highest BCUT2D eigenvalue weighted by molar-refractivity contribution is 6.63. The lowest BCUT2D eigenvalue weighted by Crippen LogP contribution is -2.25. The van der Waals surface area contributed by atoms with E-state index in [1.165, 1.54) is 0 Å². The van der Waals surface area contributed by atoms with E-state index in [1.807, 2.05) is 30.3 Å². The fourth-order valence-corrected chi connectivity index (χ4v) is 2.16. The molecule has 1 rings (SSSR count). The number of benzene rings is 1. The zero-order valence-corrected chi connectivity index (χ0v) is 13.6. The van der Waals surface area contributed by atoms with E-state index in [9.17, 15) is 9.59 Å². The molecule has 22 heavy (non-hydrogen) atoms. The van der Waals surface area contributed by atoms with Gasteiger partial charge in [-0.2, -0.15) is 0 Å². The van der Waals surface area contributed by atoms with Crippen molar-refractivity contribution in [1.82, 2.24) is 5.32 Å². The Hall–Kier alpha value is -1.39. The summed E-state index contributed by atoms with van der Waals surface area (Å²) in [6, 6.07) is 9.63. The summed E-state index contributed by atoms with van der Waals surface area (Å²) >= 11 is 5.26. The summed E-state index contributed by atoms with van der Waals surface area (Å²) in [4.78, 5) is 22.1. The lowest BCUT2D eigenvalue weighted by atomic mass is 10.1. The van der Waals surface area contributed by atoms with Crippen LogP contribution in [-0.2, 0) is 20.9 Å². The van der Waals surface area contributed by atoms with Crippen molar-refractivity contribution in [2.24, 2.45) is 0 Å². The van der Waals surface area contributed by atoms with E-state index in [-0.39, 0.29) is 17.8 Å². The Labute approximate surface area is 137 Å². The highest BCUT2D eigenvalue weighted by atomic mass is 35.5. The molecule has 0 aliphatic heterocycles. The van der Waals surface area contributed by atoms with Crippen LogP contribution in [-0.4, -0.2) is 24.3 Å². The second kappa shape index (κ2) is 12.2. The molecule has 0 amide bonds. The first-order valence-electron chi connectivity index (χ1n) is 7.77. The van der Waals surface area contributed by atoms with Crippen LogP contribution in [0.4, 0.5) is 0 Å². The summed E-state index contributed by atoms with van der Waals surface area (Å²) in [6.45, 7) is 1.36. The average Bonchev–Trinajstić information content (AvgIpc) is 2.52. The fourth-order valence-electron chi connectivity index (χ4n) is 2.02.